The van der Waals surface area contributed by atoms with Crippen molar-refractivity contribution in [2.45, 2.75) is 31.9 Å². The van der Waals surface area contributed by atoms with Crippen LogP contribution >= 0.6 is 23.2 Å². The highest BCUT2D eigenvalue weighted by molar-refractivity contribution is 7.85. The van der Waals surface area contributed by atoms with Crippen LogP contribution in [0.25, 0.3) is 0 Å². The molecule has 0 aromatic heterocycles. The van der Waals surface area contributed by atoms with Gasteiger partial charge in [0, 0.05) is 23.2 Å². The summed E-state index contributed by atoms with van der Waals surface area (Å²) in [4.78, 5) is 0. The Balaban J connectivity index is 2.45. The first-order chi connectivity index (χ1) is 9.06. The summed E-state index contributed by atoms with van der Waals surface area (Å²) in [6, 6.07) is 5.39. The van der Waals surface area contributed by atoms with E-state index in [9.17, 15) is 4.21 Å². The monoisotopic (exact) mass is 322 g/mol. The lowest BCUT2D eigenvalue weighted by molar-refractivity contribution is 0.146. The van der Waals surface area contributed by atoms with Gasteiger partial charge in [0.05, 0.1) is 21.9 Å². The van der Waals surface area contributed by atoms with Crippen molar-refractivity contribution >= 4 is 34.0 Å². The molecule has 1 aromatic carbocycles. The fraction of sp³-hybridized carbons (Fsp3) is 0.571. The molecule has 108 valence electrons. The van der Waals surface area contributed by atoms with Gasteiger partial charge in [-0.15, -0.1) is 0 Å². The van der Waals surface area contributed by atoms with Gasteiger partial charge in [0.15, 0.2) is 0 Å². The van der Waals surface area contributed by atoms with E-state index in [4.69, 9.17) is 27.9 Å². The number of benzene rings is 1. The Morgan fingerprint density at radius 2 is 2.00 bits per heavy atom. The largest absolute Gasteiger partial charge is 0.380 e. The van der Waals surface area contributed by atoms with E-state index in [2.05, 4.69) is 6.92 Å². The fourth-order valence-electron chi connectivity index (χ4n) is 1.58. The summed E-state index contributed by atoms with van der Waals surface area (Å²) in [5, 5.41) is 0.957. The molecule has 5 heteroatoms. The quantitative estimate of drug-likeness (QED) is 0.653. The highest BCUT2D eigenvalue weighted by Gasteiger charge is 2.14. The molecule has 2 nitrogen and oxygen atoms in total. The molecular weight excluding hydrogens is 303 g/mol. The van der Waals surface area contributed by atoms with E-state index < -0.39 is 10.8 Å². The number of ether oxygens (including phenoxy) is 1. The molecule has 0 N–H and O–H groups in total. The zero-order chi connectivity index (χ0) is 14.3. The van der Waals surface area contributed by atoms with Gasteiger partial charge in [-0.25, -0.2) is 0 Å². The third-order valence-corrected chi connectivity index (χ3v) is 5.25. The lowest BCUT2D eigenvalue weighted by Crippen LogP contribution is -2.12. The van der Waals surface area contributed by atoms with Crippen LogP contribution in [0.4, 0.5) is 0 Å². The summed E-state index contributed by atoms with van der Waals surface area (Å²) in [5.41, 5.74) is 0.946. The van der Waals surface area contributed by atoms with E-state index in [0.29, 0.717) is 22.4 Å². The van der Waals surface area contributed by atoms with Gasteiger partial charge in [0.25, 0.3) is 0 Å². The van der Waals surface area contributed by atoms with E-state index in [1.807, 2.05) is 13.0 Å². The molecule has 0 aliphatic carbocycles. The van der Waals surface area contributed by atoms with E-state index in [1.54, 1.807) is 12.1 Å². The first-order valence-corrected chi connectivity index (χ1v) is 8.60. The molecule has 1 aromatic rings. The van der Waals surface area contributed by atoms with Crippen LogP contribution < -0.4 is 0 Å². The predicted octanol–water partition coefficient (Wildman–Crippen LogP) is 4.62. The highest BCUT2D eigenvalue weighted by Crippen LogP contribution is 2.27. The predicted molar refractivity (Wildman–Crippen MR) is 83.6 cm³/mol. The van der Waals surface area contributed by atoms with Crippen molar-refractivity contribution in [3.05, 3.63) is 33.8 Å². The Kier molecular flexibility index (Phi) is 8.00. The molecule has 0 bridgehead atoms. The van der Waals surface area contributed by atoms with Crippen LogP contribution in [-0.2, 0) is 15.5 Å². The van der Waals surface area contributed by atoms with E-state index in [0.717, 1.165) is 25.0 Å². The Labute approximate surface area is 127 Å². The van der Waals surface area contributed by atoms with Crippen LogP contribution in [0.1, 0.15) is 37.5 Å². The minimum absolute atomic E-state index is 0.0652. The molecule has 0 heterocycles. The molecule has 19 heavy (non-hydrogen) atoms. The van der Waals surface area contributed by atoms with Crippen LogP contribution in [0.3, 0.4) is 0 Å². The summed E-state index contributed by atoms with van der Waals surface area (Å²) < 4.78 is 17.6. The Hall–Kier alpha value is -0.0900. The van der Waals surface area contributed by atoms with E-state index in [1.165, 1.54) is 0 Å². The zero-order valence-corrected chi connectivity index (χ0v) is 13.7. The number of rotatable bonds is 8. The number of hydrogen-bond donors (Lipinski definition) is 0. The third-order valence-electron chi connectivity index (χ3n) is 2.88. The standard InChI is InChI=1S/C14H20Cl2O2S/c1-3-4-7-18-8-9-19(17)11(2)12-5-6-13(15)14(16)10-12/h5-6,10-11H,3-4,7-9H2,1-2H3/t11-,19-/m0/s1. The van der Waals surface area contributed by atoms with Gasteiger partial charge in [-0.2, -0.15) is 0 Å². The molecule has 0 spiro atoms. The zero-order valence-electron chi connectivity index (χ0n) is 11.3. The summed E-state index contributed by atoms with van der Waals surface area (Å²) >= 11 is 11.8. The molecule has 0 radical (unpaired) electrons. The van der Waals surface area contributed by atoms with Crippen LogP contribution in [0.5, 0.6) is 0 Å². The van der Waals surface area contributed by atoms with Gasteiger partial charge in [-0.05, 0) is 31.0 Å². The van der Waals surface area contributed by atoms with E-state index >= 15 is 0 Å². The molecule has 0 saturated carbocycles. The second kappa shape index (κ2) is 8.96. The van der Waals surface area contributed by atoms with Gasteiger partial charge in [-0.3, -0.25) is 4.21 Å². The first kappa shape index (κ1) is 17.0. The van der Waals surface area contributed by atoms with Crippen LogP contribution in [0.2, 0.25) is 10.0 Å². The molecule has 0 aliphatic heterocycles. The van der Waals surface area contributed by atoms with Crippen molar-refractivity contribution in [1.29, 1.82) is 0 Å². The van der Waals surface area contributed by atoms with Gasteiger partial charge in [0.2, 0.25) is 0 Å². The minimum atomic E-state index is -0.963. The molecule has 1 rings (SSSR count). The molecular formula is C14H20Cl2O2S. The maximum absolute atomic E-state index is 12.1. The maximum atomic E-state index is 12.1. The second-order valence-corrected chi connectivity index (χ2v) is 7.06. The molecule has 0 amide bonds. The minimum Gasteiger partial charge on any atom is -0.380 e. The van der Waals surface area contributed by atoms with Crippen molar-refractivity contribution in [2.75, 3.05) is 19.0 Å². The average Bonchev–Trinajstić information content (AvgIpc) is 2.40. The fourth-order valence-corrected chi connectivity index (χ4v) is 2.98. The molecule has 0 fully saturated rings. The van der Waals surface area contributed by atoms with E-state index in [-0.39, 0.29) is 5.25 Å². The lowest BCUT2D eigenvalue weighted by atomic mass is 10.2. The van der Waals surface area contributed by atoms with Crippen LogP contribution in [-0.4, -0.2) is 23.2 Å². The molecule has 0 unspecified atom stereocenters. The summed E-state index contributed by atoms with van der Waals surface area (Å²) in [6.07, 6.45) is 2.16. The third kappa shape index (κ3) is 5.82. The Bertz CT molecular complexity index is 424. The smallest absolute Gasteiger partial charge is 0.0595 e. The van der Waals surface area contributed by atoms with Crippen molar-refractivity contribution in [3.8, 4) is 0 Å². The number of halogens is 2. The van der Waals surface area contributed by atoms with Gasteiger partial charge >= 0.3 is 0 Å². The summed E-state index contributed by atoms with van der Waals surface area (Å²) in [7, 11) is -0.963. The SMILES string of the molecule is CCCCOCC[S@](=O)[C@@H](C)c1ccc(Cl)c(Cl)c1. The molecule has 2 atom stereocenters. The Morgan fingerprint density at radius 3 is 2.63 bits per heavy atom. The van der Waals surface area contributed by atoms with Crippen molar-refractivity contribution in [1.82, 2.24) is 0 Å². The van der Waals surface area contributed by atoms with Crippen LogP contribution in [0.15, 0.2) is 18.2 Å². The van der Waals surface area contributed by atoms with Crippen molar-refractivity contribution in [3.63, 3.8) is 0 Å². The first-order valence-electron chi connectivity index (χ1n) is 6.46. The maximum Gasteiger partial charge on any atom is 0.0595 e. The van der Waals surface area contributed by atoms with Crippen molar-refractivity contribution in [2.24, 2.45) is 0 Å². The number of hydrogen-bond acceptors (Lipinski definition) is 2. The second-order valence-electron chi connectivity index (χ2n) is 4.37. The topological polar surface area (TPSA) is 26.3 Å². The lowest BCUT2D eigenvalue weighted by Gasteiger charge is -2.13. The van der Waals surface area contributed by atoms with Crippen molar-refractivity contribution < 1.29 is 8.95 Å². The molecule has 0 aliphatic rings. The number of unbranched alkanes of at least 4 members (excludes halogenated alkanes) is 1. The summed E-state index contributed by atoms with van der Waals surface area (Å²) in [6.45, 7) is 5.34. The average molecular weight is 323 g/mol. The highest BCUT2D eigenvalue weighted by atomic mass is 35.5. The molecule has 0 saturated heterocycles. The van der Waals surface area contributed by atoms with Gasteiger partial charge in [0.1, 0.15) is 0 Å². The van der Waals surface area contributed by atoms with Crippen LogP contribution in [0, 0.1) is 0 Å². The normalized spacial score (nSPS) is 14.3. The Morgan fingerprint density at radius 1 is 1.26 bits per heavy atom. The summed E-state index contributed by atoms with van der Waals surface area (Å²) in [5.74, 6) is 0.547. The van der Waals surface area contributed by atoms with Gasteiger partial charge < -0.3 is 4.74 Å². The van der Waals surface area contributed by atoms with Gasteiger partial charge in [-0.1, -0.05) is 42.6 Å².